The van der Waals surface area contributed by atoms with Crippen LogP contribution in [-0.2, 0) is 4.79 Å². The van der Waals surface area contributed by atoms with E-state index in [1.807, 2.05) is 24.1 Å². The van der Waals surface area contributed by atoms with Crippen LogP contribution in [0.15, 0.2) is 59.4 Å². The average Bonchev–Trinajstić information content (AvgIpc) is 3.06. The first-order valence-electron chi connectivity index (χ1n) is 11.0. The lowest BCUT2D eigenvalue weighted by Gasteiger charge is -2.24. The smallest absolute Gasteiger partial charge is 0.222 e. The predicted octanol–water partition coefficient (Wildman–Crippen LogP) is 4.20. The number of aromatic nitrogens is 1. The van der Waals surface area contributed by atoms with Crippen LogP contribution in [0.4, 0.5) is 5.69 Å². The van der Waals surface area contributed by atoms with Gasteiger partial charge in [0.15, 0.2) is 0 Å². The van der Waals surface area contributed by atoms with Crippen LogP contribution in [0.3, 0.4) is 0 Å². The third-order valence-electron chi connectivity index (χ3n) is 5.84. The molecule has 0 unspecified atom stereocenters. The number of nitrogens with zero attached hydrogens (tertiary/aromatic N) is 4. The number of hydrogen-bond donors (Lipinski definition) is 0. The van der Waals surface area contributed by atoms with Gasteiger partial charge in [-0.25, -0.2) is 0 Å². The number of anilines is 1. The quantitative estimate of drug-likeness (QED) is 0.770. The molecule has 0 radical (unpaired) electrons. The molecule has 1 fully saturated rings. The Kier molecular flexibility index (Phi) is 6.57. The van der Waals surface area contributed by atoms with E-state index in [1.54, 1.807) is 6.20 Å². The SMILES string of the molecule is CCC(=O)N1CCCN(c2cccc(/C=C3\CCCN=C3c3cccnc3)c2)CC1. The van der Waals surface area contributed by atoms with Gasteiger partial charge in [-0.2, -0.15) is 0 Å². The van der Waals surface area contributed by atoms with Gasteiger partial charge in [0.25, 0.3) is 0 Å². The second kappa shape index (κ2) is 9.70. The van der Waals surface area contributed by atoms with E-state index in [9.17, 15) is 4.79 Å². The highest BCUT2D eigenvalue weighted by Gasteiger charge is 2.19. The number of hydrogen-bond acceptors (Lipinski definition) is 4. The zero-order valence-corrected chi connectivity index (χ0v) is 17.8. The summed E-state index contributed by atoms with van der Waals surface area (Å²) in [6, 6.07) is 12.8. The van der Waals surface area contributed by atoms with Crippen LogP contribution in [0, 0.1) is 0 Å². The zero-order valence-electron chi connectivity index (χ0n) is 17.8. The number of pyridine rings is 1. The van der Waals surface area contributed by atoms with Gasteiger partial charge in [-0.3, -0.25) is 14.8 Å². The Balaban J connectivity index is 1.54. The zero-order chi connectivity index (χ0) is 20.8. The van der Waals surface area contributed by atoms with Crippen molar-refractivity contribution in [1.29, 1.82) is 0 Å². The Labute approximate surface area is 179 Å². The van der Waals surface area contributed by atoms with Crippen molar-refractivity contribution in [2.75, 3.05) is 37.6 Å². The summed E-state index contributed by atoms with van der Waals surface area (Å²) in [6.07, 6.45) is 9.70. The fourth-order valence-electron chi connectivity index (χ4n) is 4.26. The number of rotatable bonds is 4. The Morgan fingerprint density at radius 3 is 2.87 bits per heavy atom. The predicted molar refractivity (Wildman–Crippen MR) is 123 cm³/mol. The Morgan fingerprint density at radius 2 is 2.03 bits per heavy atom. The van der Waals surface area contributed by atoms with Crippen molar-refractivity contribution in [2.45, 2.75) is 32.6 Å². The third kappa shape index (κ3) is 4.78. The lowest BCUT2D eigenvalue weighted by molar-refractivity contribution is -0.130. The Morgan fingerprint density at radius 1 is 1.10 bits per heavy atom. The van der Waals surface area contributed by atoms with Crippen molar-refractivity contribution in [2.24, 2.45) is 4.99 Å². The first kappa shape index (κ1) is 20.3. The second-order valence-electron chi connectivity index (χ2n) is 7.92. The lowest BCUT2D eigenvalue weighted by Crippen LogP contribution is -2.34. The molecular weight excluding hydrogens is 372 g/mol. The highest BCUT2D eigenvalue weighted by atomic mass is 16.2. The van der Waals surface area contributed by atoms with Crippen molar-refractivity contribution in [3.63, 3.8) is 0 Å². The summed E-state index contributed by atoms with van der Waals surface area (Å²) in [4.78, 5) is 25.5. The van der Waals surface area contributed by atoms with Gasteiger partial charge < -0.3 is 9.80 Å². The molecule has 2 aliphatic heterocycles. The second-order valence-corrected chi connectivity index (χ2v) is 7.92. The highest BCUT2D eigenvalue weighted by molar-refractivity contribution is 6.15. The number of carbonyl (C=O) groups is 1. The summed E-state index contributed by atoms with van der Waals surface area (Å²) in [5.74, 6) is 0.259. The number of carbonyl (C=O) groups excluding carboxylic acids is 1. The maximum atomic E-state index is 12.1. The molecule has 0 N–H and O–H groups in total. The van der Waals surface area contributed by atoms with Gasteiger partial charge in [-0.1, -0.05) is 19.1 Å². The summed E-state index contributed by atoms with van der Waals surface area (Å²) in [5.41, 5.74) is 5.87. The first-order chi connectivity index (χ1) is 14.7. The van der Waals surface area contributed by atoms with Crippen molar-refractivity contribution in [3.8, 4) is 0 Å². The van der Waals surface area contributed by atoms with Gasteiger partial charge in [-0.15, -0.1) is 0 Å². The van der Waals surface area contributed by atoms with Gasteiger partial charge in [0.2, 0.25) is 5.91 Å². The number of benzene rings is 1. The van der Waals surface area contributed by atoms with E-state index >= 15 is 0 Å². The maximum Gasteiger partial charge on any atom is 0.222 e. The average molecular weight is 403 g/mol. The molecule has 0 atom stereocenters. The summed E-state index contributed by atoms with van der Waals surface area (Å²) in [5, 5.41) is 0. The summed E-state index contributed by atoms with van der Waals surface area (Å²) >= 11 is 0. The van der Waals surface area contributed by atoms with Crippen LogP contribution in [0.1, 0.15) is 43.7 Å². The molecule has 30 heavy (non-hydrogen) atoms. The monoisotopic (exact) mass is 402 g/mol. The van der Waals surface area contributed by atoms with E-state index in [2.05, 4.69) is 46.3 Å². The summed E-state index contributed by atoms with van der Waals surface area (Å²) in [6.45, 7) is 6.34. The van der Waals surface area contributed by atoms with Gasteiger partial charge >= 0.3 is 0 Å². The molecule has 1 aromatic carbocycles. The van der Waals surface area contributed by atoms with Crippen molar-refractivity contribution < 1.29 is 4.79 Å². The molecule has 0 aliphatic carbocycles. The van der Waals surface area contributed by atoms with Crippen LogP contribution in [0.5, 0.6) is 0 Å². The Bertz CT molecular complexity index is 935. The molecule has 5 nitrogen and oxygen atoms in total. The molecule has 0 spiro atoms. The molecule has 0 saturated carbocycles. The van der Waals surface area contributed by atoms with Gasteiger partial charge in [0.1, 0.15) is 0 Å². The minimum absolute atomic E-state index is 0.259. The molecule has 2 aliphatic rings. The van der Waals surface area contributed by atoms with Crippen molar-refractivity contribution in [3.05, 3.63) is 65.5 Å². The summed E-state index contributed by atoms with van der Waals surface area (Å²) in [7, 11) is 0. The fraction of sp³-hybridized carbons (Fsp3) is 0.400. The van der Waals surface area contributed by atoms with Crippen LogP contribution in [0.25, 0.3) is 6.08 Å². The number of aliphatic imine (C=N–C) groups is 1. The van der Waals surface area contributed by atoms with Gasteiger partial charge in [0.05, 0.1) is 5.71 Å². The highest BCUT2D eigenvalue weighted by Crippen LogP contribution is 2.24. The van der Waals surface area contributed by atoms with Crippen LogP contribution in [-0.4, -0.2) is 54.2 Å². The normalized spacial score (nSPS) is 18.8. The molecule has 1 aromatic heterocycles. The number of allylic oxidation sites excluding steroid dienone is 1. The first-order valence-corrected chi connectivity index (χ1v) is 11.0. The van der Waals surface area contributed by atoms with Crippen molar-refractivity contribution >= 4 is 23.4 Å². The molecule has 5 heteroatoms. The third-order valence-corrected chi connectivity index (χ3v) is 5.84. The van der Waals surface area contributed by atoms with E-state index in [1.165, 1.54) is 16.8 Å². The van der Waals surface area contributed by atoms with Crippen LogP contribution < -0.4 is 4.90 Å². The topological polar surface area (TPSA) is 48.8 Å². The Hall–Kier alpha value is -2.95. The molecule has 156 valence electrons. The van der Waals surface area contributed by atoms with Gasteiger partial charge in [-0.05, 0) is 60.7 Å². The van der Waals surface area contributed by atoms with E-state index in [-0.39, 0.29) is 5.91 Å². The molecule has 2 aromatic rings. The molecule has 4 rings (SSSR count). The molecular formula is C25H30N4O. The van der Waals surface area contributed by atoms with E-state index in [0.29, 0.717) is 6.42 Å². The van der Waals surface area contributed by atoms with E-state index in [0.717, 1.165) is 63.3 Å². The molecule has 1 saturated heterocycles. The summed E-state index contributed by atoms with van der Waals surface area (Å²) < 4.78 is 0. The minimum Gasteiger partial charge on any atom is -0.370 e. The standard InChI is InChI=1S/C25H30N4O/c1-2-24(30)29-14-6-13-28(15-16-29)23-10-3-7-20(18-23)17-21-8-5-12-27-25(21)22-9-4-11-26-19-22/h3-4,7,9-11,17-19H,2,5-6,8,12-16H2,1H3/b21-17+. The number of amides is 1. The molecule has 1 amide bonds. The van der Waals surface area contributed by atoms with E-state index < -0.39 is 0 Å². The largest absolute Gasteiger partial charge is 0.370 e. The molecule has 0 bridgehead atoms. The fourth-order valence-corrected chi connectivity index (χ4v) is 4.26. The lowest BCUT2D eigenvalue weighted by atomic mass is 9.95. The van der Waals surface area contributed by atoms with Crippen LogP contribution >= 0.6 is 0 Å². The van der Waals surface area contributed by atoms with Crippen molar-refractivity contribution in [1.82, 2.24) is 9.88 Å². The van der Waals surface area contributed by atoms with E-state index in [4.69, 9.17) is 4.99 Å². The molecule has 3 heterocycles. The maximum absolute atomic E-state index is 12.1. The minimum atomic E-state index is 0.259. The van der Waals surface area contributed by atoms with Crippen LogP contribution in [0.2, 0.25) is 0 Å². The van der Waals surface area contributed by atoms with Gasteiger partial charge in [0, 0.05) is 62.8 Å².